The monoisotopic (exact) mass is 499 g/mol. The summed E-state index contributed by atoms with van der Waals surface area (Å²) in [6.45, 7) is 9.93. The number of carbonyl (C=O) groups is 1. The Morgan fingerprint density at radius 2 is 1.72 bits per heavy atom. The van der Waals surface area contributed by atoms with Crippen LogP contribution in [0.4, 0.5) is 0 Å². The fourth-order valence-electron chi connectivity index (χ4n) is 3.80. The average Bonchev–Trinajstić information content (AvgIpc) is 3.18. The molecule has 0 unspecified atom stereocenters. The molecule has 3 aromatic carbocycles. The molecule has 186 valence electrons. The van der Waals surface area contributed by atoms with Gasteiger partial charge in [-0.2, -0.15) is 5.10 Å². The summed E-state index contributed by atoms with van der Waals surface area (Å²) in [5.74, 6) is 0.718. The maximum Gasteiger partial charge on any atom is 0.249 e. The van der Waals surface area contributed by atoms with E-state index in [-0.39, 0.29) is 0 Å². The van der Waals surface area contributed by atoms with E-state index in [1.165, 1.54) is 0 Å². The minimum Gasteiger partial charge on any atom is -0.457 e. The third-order valence-corrected chi connectivity index (χ3v) is 7.61. The zero-order chi connectivity index (χ0) is 25.7. The first-order valence-corrected chi connectivity index (χ1v) is 15.8. The van der Waals surface area contributed by atoms with Gasteiger partial charge in [0.15, 0.2) is 0 Å². The molecule has 0 aliphatic carbocycles. The Bertz CT molecular complexity index is 1390. The van der Waals surface area contributed by atoms with Crippen LogP contribution in [0.5, 0.6) is 11.5 Å². The molecule has 1 heterocycles. The number of amides is 1. The lowest BCUT2D eigenvalue weighted by Gasteiger charge is -2.15. The molecule has 4 aromatic rings. The van der Waals surface area contributed by atoms with Gasteiger partial charge < -0.3 is 15.2 Å². The quantitative estimate of drug-likeness (QED) is 0.194. The first-order chi connectivity index (χ1) is 17.2. The van der Waals surface area contributed by atoms with Gasteiger partial charge in [-0.1, -0.05) is 62.1 Å². The highest BCUT2D eigenvalue weighted by Gasteiger charge is 2.14. The Kier molecular flexibility index (Phi) is 7.72. The van der Waals surface area contributed by atoms with Crippen molar-refractivity contribution >= 4 is 37.0 Å². The van der Waals surface area contributed by atoms with Crippen LogP contribution in [0.15, 0.2) is 66.7 Å². The molecule has 0 aliphatic heterocycles. The van der Waals surface area contributed by atoms with E-state index in [0.29, 0.717) is 30.4 Å². The number of fused-ring (bicyclic) bond motifs is 1. The number of benzene rings is 3. The van der Waals surface area contributed by atoms with Gasteiger partial charge in [-0.3, -0.25) is 4.79 Å². The van der Waals surface area contributed by atoms with Crippen LogP contribution in [0, 0.1) is 6.92 Å². The molecule has 7 heteroatoms. The molecule has 0 bridgehead atoms. The van der Waals surface area contributed by atoms with E-state index < -0.39 is 14.0 Å². The molecule has 0 atom stereocenters. The molecule has 1 amide bonds. The van der Waals surface area contributed by atoms with Crippen LogP contribution in [0.25, 0.3) is 23.1 Å². The molecule has 36 heavy (non-hydrogen) atoms. The van der Waals surface area contributed by atoms with Crippen molar-refractivity contribution in [2.75, 3.05) is 6.61 Å². The summed E-state index contributed by atoms with van der Waals surface area (Å²) in [5, 5.41) is 5.84. The number of aryl methyl sites for hydroxylation is 1. The molecule has 0 fully saturated rings. The number of nitrogens with two attached hydrogens (primary N) is 1. The summed E-state index contributed by atoms with van der Waals surface area (Å²) in [4.78, 5) is 11.7. The van der Waals surface area contributed by atoms with Gasteiger partial charge in [-0.15, -0.1) is 0 Å². The highest BCUT2D eigenvalue weighted by atomic mass is 28.3. The maximum atomic E-state index is 11.7. The Morgan fingerprint density at radius 1 is 1.00 bits per heavy atom. The standard InChI is InChI=1S/C29H33N3O3Si/c1-21-10-12-23(18-26(21)29(30)33)35-24-13-14-25-27(15-11-22-8-6-5-7-9-22)31-32(28(25)19-24)20-34-16-17-36(2,3)4/h5-15,18-19H,16-17,20H2,1-4H3,(H2,30,33)/b15-11+. The van der Waals surface area contributed by atoms with Gasteiger partial charge >= 0.3 is 0 Å². The van der Waals surface area contributed by atoms with Gasteiger partial charge in [0, 0.05) is 31.7 Å². The number of primary amides is 1. The van der Waals surface area contributed by atoms with Crippen LogP contribution >= 0.6 is 0 Å². The van der Waals surface area contributed by atoms with E-state index in [1.807, 2.05) is 66.2 Å². The second-order valence-corrected chi connectivity index (χ2v) is 15.7. The van der Waals surface area contributed by atoms with E-state index in [2.05, 4.69) is 37.8 Å². The summed E-state index contributed by atoms with van der Waals surface area (Å²) in [6.07, 6.45) is 4.08. The Hall–Kier alpha value is -3.68. The smallest absolute Gasteiger partial charge is 0.249 e. The molecule has 0 aliphatic rings. The largest absolute Gasteiger partial charge is 0.457 e. The summed E-state index contributed by atoms with van der Waals surface area (Å²) < 4.78 is 14.0. The Morgan fingerprint density at radius 3 is 2.44 bits per heavy atom. The van der Waals surface area contributed by atoms with Gasteiger partial charge in [0.2, 0.25) is 5.91 Å². The summed E-state index contributed by atoms with van der Waals surface area (Å²) in [5.41, 5.74) is 9.65. The van der Waals surface area contributed by atoms with E-state index in [0.717, 1.165) is 33.8 Å². The van der Waals surface area contributed by atoms with Crippen molar-refractivity contribution in [3.63, 3.8) is 0 Å². The highest BCUT2D eigenvalue weighted by molar-refractivity contribution is 6.76. The van der Waals surface area contributed by atoms with E-state index in [9.17, 15) is 4.79 Å². The number of hydrogen-bond acceptors (Lipinski definition) is 4. The third kappa shape index (κ3) is 6.50. The van der Waals surface area contributed by atoms with Crippen LogP contribution < -0.4 is 10.5 Å². The van der Waals surface area contributed by atoms with Crippen molar-refractivity contribution in [2.45, 2.75) is 39.3 Å². The van der Waals surface area contributed by atoms with Crippen LogP contribution in [0.1, 0.15) is 27.2 Å². The van der Waals surface area contributed by atoms with Crippen molar-refractivity contribution in [1.82, 2.24) is 9.78 Å². The van der Waals surface area contributed by atoms with Crippen molar-refractivity contribution < 1.29 is 14.3 Å². The molecule has 0 spiro atoms. The zero-order valence-electron chi connectivity index (χ0n) is 21.3. The molecule has 4 rings (SSSR count). The lowest BCUT2D eigenvalue weighted by molar-refractivity contribution is 0.0816. The second kappa shape index (κ2) is 10.9. The SMILES string of the molecule is Cc1ccc(Oc2ccc3c(/C=C/c4ccccc4)nn(COCC[Si](C)(C)C)c3c2)cc1C(N)=O. The van der Waals surface area contributed by atoms with Gasteiger partial charge in [0.1, 0.15) is 18.2 Å². The topological polar surface area (TPSA) is 79.4 Å². The lowest BCUT2D eigenvalue weighted by atomic mass is 10.1. The molecule has 1 aromatic heterocycles. The zero-order valence-corrected chi connectivity index (χ0v) is 22.3. The van der Waals surface area contributed by atoms with E-state index in [4.69, 9.17) is 20.3 Å². The van der Waals surface area contributed by atoms with E-state index >= 15 is 0 Å². The molecule has 0 radical (unpaired) electrons. The van der Waals surface area contributed by atoms with Crippen molar-refractivity contribution in [1.29, 1.82) is 0 Å². The summed E-state index contributed by atoms with van der Waals surface area (Å²) >= 11 is 0. The van der Waals surface area contributed by atoms with Gasteiger partial charge in [-0.05, 0) is 54.4 Å². The number of rotatable bonds is 10. The third-order valence-electron chi connectivity index (χ3n) is 5.91. The first-order valence-electron chi connectivity index (χ1n) is 12.1. The number of carbonyl (C=O) groups excluding carboxylic acids is 1. The van der Waals surface area contributed by atoms with Crippen LogP contribution in [-0.2, 0) is 11.5 Å². The van der Waals surface area contributed by atoms with Crippen LogP contribution in [-0.4, -0.2) is 30.4 Å². The maximum absolute atomic E-state index is 11.7. The predicted octanol–water partition coefficient (Wildman–Crippen LogP) is 6.72. The fourth-order valence-corrected chi connectivity index (χ4v) is 4.56. The molecule has 0 saturated carbocycles. The molecule has 0 saturated heterocycles. The minimum absolute atomic E-state index is 0.361. The van der Waals surface area contributed by atoms with Crippen molar-refractivity contribution in [2.24, 2.45) is 5.73 Å². The number of hydrogen-bond donors (Lipinski definition) is 1. The van der Waals surface area contributed by atoms with Gasteiger partial charge in [-0.25, -0.2) is 4.68 Å². The molecule has 6 nitrogen and oxygen atoms in total. The Balaban J connectivity index is 1.64. The summed E-state index contributed by atoms with van der Waals surface area (Å²) in [7, 11) is -1.18. The van der Waals surface area contributed by atoms with Crippen LogP contribution in [0.2, 0.25) is 25.7 Å². The first kappa shape index (κ1) is 25.4. The van der Waals surface area contributed by atoms with Crippen molar-refractivity contribution in [3.05, 3.63) is 89.1 Å². The molecule has 2 N–H and O–H groups in total. The summed E-state index contributed by atoms with van der Waals surface area (Å²) in [6, 6.07) is 22.4. The lowest BCUT2D eigenvalue weighted by Crippen LogP contribution is -2.22. The van der Waals surface area contributed by atoms with Crippen LogP contribution in [0.3, 0.4) is 0 Å². The number of aromatic nitrogens is 2. The highest BCUT2D eigenvalue weighted by Crippen LogP contribution is 2.29. The van der Waals surface area contributed by atoms with E-state index in [1.54, 1.807) is 6.07 Å². The predicted molar refractivity (Wildman–Crippen MR) is 149 cm³/mol. The molecular formula is C29H33N3O3Si. The fraction of sp³-hybridized carbons (Fsp3) is 0.241. The number of nitrogens with zero attached hydrogens (tertiary/aromatic N) is 2. The Labute approximate surface area is 213 Å². The number of ether oxygens (including phenoxy) is 2. The second-order valence-electron chi connectivity index (χ2n) is 10.1. The normalized spacial score (nSPS) is 11.9. The van der Waals surface area contributed by atoms with Gasteiger partial charge in [0.25, 0.3) is 0 Å². The average molecular weight is 500 g/mol. The van der Waals surface area contributed by atoms with Crippen molar-refractivity contribution in [3.8, 4) is 11.5 Å². The molecular weight excluding hydrogens is 466 g/mol. The minimum atomic E-state index is -1.18. The van der Waals surface area contributed by atoms with Gasteiger partial charge in [0.05, 0.1) is 11.2 Å².